The van der Waals surface area contributed by atoms with Gasteiger partial charge in [-0.3, -0.25) is 19.6 Å². The fourth-order valence-corrected chi connectivity index (χ4v) is 2.45. The minimum absolute atomic E-state index is 0.276. The first-order valence-corrected chi connectivity index (χ1v) is 8.59. The monoisotopic (exact) mass is 360 g/mol. The number of carbonyl (C=O) groups excluding carboxylic acids is 2. The second-order valence-electron chi connectivity index (χ2n) is 6.13. The van der Waals surface area contributed by atoms with Gasteiger partial charge in [0.1, 0.15) is 0 Å². The van der Waals surface area contributed by atoms with Gasteiger partial charge in [0.05, 0.1) is 23.4 Å². The molecule has 1 aromatic carbocycles. The van der Waals surface area contributed by atoms with Gasteiger partial charge in [-0.1, -0.05) is 35.9 Å². The maximum atomic E-state index is 12.3. The van der Waals surface area contributed by atoms with E-state index in [0.717, 1.165) is 11.3 Å². The number of nitrogens with one attached hydrogen (secondary N) is 2. The molecule has 2 N–H and O–H groups in total. The molecule has 0 saturated heterocycles. The van der Waals surface area contributed by atoms with Crippen molar-refractivity contribution in [2.24, 2.45) is 0 Å². The molecule has 0 bridgehead atoms. The highest BCUT2D eigenvalue weighted by molar-refractivity contribution is 5.99. The molecule has 0 aliphatic rings. The summed E-state index contributed by atoms with van der Waals surface area (Å²) in [5.41, 5.74) is 3.59. The van der Waals surface area contributed by atoms with Crippen LogP contribution in [0.1, 0.15) is 37.5 Å². The number of rotatable bonds is 6. The van der Waals surface area contributed by atoms with Crippen LogP contribution in [0.2, 0.25) is 0 Å². The van der Waals surface area contributed by atoms with Gasteiger partial charge in [0.2, 0.25) is 0 Å². The summed E-state index contributed by atoms with van der Waals surface area (Å²) < 4.78 is 0. The third kappa shape index (κ3) is 5.22. The Kier molecular flexibility index (Phi) is 5.89. The first-order chi connectivity index (χ1) is 13.1. The van der Waals surface area contributed by atoms with E-state index in [1.54, 1.807) is 6.20 Å². The smallest absolute Gasteiger partial charge is 0.253 e. The zero-order valence-corrected chi connectivity index (χ0v) is 15.0. The van der Waals surface area contributed by atoms with E-state index in [1.807, 2.05) is 49.4 Å². The maximum Gasteiger partial charge on any atom is 0.253 e. The lowest BCUT2D eigenvalue weighted by molar-refractivity contribution is 0.0950. The first-order valence-electron chi connectivity index (χ1n) is 8.59. The van der Waals surface area contributed by atoms with Crippen LogP contribution < -0.4 is 10.6 Å². The largest absolute Gasteiger partial charge is 0.348 e. The van der Waals surface area contributed by atoms with E-state index in [-0.39, 0.29) is 11.8 Å². The van der Waals surface area contributed by atoms with Crippen LogP contribution in [-0.4, -0.2) is 21.8 Å². The van der Waals surface area contributed by atoms with Crippen molar-refractivity contribution < 1.29 is 9.59 Å². The average Bonchev–Trinajstić information content (AvgIpc) is 2.72. The zero-order valence-electron chi connectivity index (χ0n) is 15.0. The number of hydrogen-bond acceptors (Lipinski definition) is 4. The molecular formula is C21H20N4O2. The highest BCUT2D eigenvalue weighted by Crippen LogP contribution is 2.06. The van der Waals surface area contributed by atoms with Crippen LogP contribution in [-0.2, 0) is 13.1 Å². The van der Waals surface area contributed by atoms with Crippen molar-refractivity contribution in [3.05, 3.63) is 95.1 Å². The summed E-state index contributed by atoms with van der Waals surface area (Å²) in [5, 5.41) is 5.61. The normalized spacial score (nSPS) is 10.3. The lowest BCUT2D eigenvalue weighted by Gasteiger charge is -2.08. The second-order valence-corrected chi connectivity index (χ2v) is 6.13. The van der Waals surface area contributed by atoms with Gasteiger partial charge in [-0.15, -0.1) is 0 Å². The van der Waals surface area contributed by atoms with Crippen LogP contribution >= 0.6 is 0 Å². The Balaban J connectivity index is 1.59. The van der Waals surface area contributed by atoms with Gasteiger partial charge in [-0.05, 0) is 30.7 Å². The summed E-state index contributed by atoms with van der Waals surface area (Å²) in [6.07, 6.45) is 4.55. The molecule has 2 aromatic heterocycles. The molecule has 2 amide bonds. The highest BCUT2D eigenvalue weighted by Gasteiger charge is 2.11. The van der Waals surface area contributed by atoms with Crippen LogP contribution in [0, 0.1) is 6.92 Å². The first kappa shape index (κ1) is 18.3. The van der Waals surface area contributed by atoms with E-state index in [4.69, 9.17) is 0 Å². The number of aromatic nitrogens is 2. The summed E-state index contributed by atoms with van der Waals surface area (Å²) in [7, 11) is 0. The Bertz CT molecular complexity index is 924. The predicted molar refractivity (Wildman–Crippen MR) is 102 cm³/mol. The van der Waals surface area contributed by atoms with Crippen molar-refractivity contribution in [1.82, 2.24) is 20.6 Å². The highest BCUT2D eigenvalue weighted by atomic mass is 16.2. The Morgan fingerprint density at radius 2 is 1.56 bits per heavy atom. The number of aryl methyl sites for hydroxylation is 1. The van der Waals surface area contributed by atoms with Crippen molar-refractivity contribution in [3.8, 4) is 0 Å². The molecule has 0 fully saturated rings. The zero-order chi connectivity index (χ0) is 19.1. The summed E-state index contributed by atoms with van der Waals surface area (Å²) in [4.78, 5) is 32.8. The quantitative estimate of drug-likeness (QED) is 0.708. The van der Waals surface area contributed by atoms with Crippen molar-refractivity contribution in [2.75, 3.05) is 0 Å². The fourth-order valence-electron chi connectivity index (χ4n) is 2.45. The summed E-state index contributed by atoms with van der Waals surface area (Å²) in [5.74, 6) is -0.580. The molecule has 6 heteroatoms. The molecule has 0 aliphatic carbocycles. The minimum Gasteiger partial charge on any atom is -0.348 e. The number of benzene rings is 1. The Hall–Kier alpha value is -3.54. The predicted octanol–water partition coefficient (Wildman–Crippen LogP) is 2.65. The SMILES string of the molecule is Cc1ccc(CNC(=O)c2cncc(C(=O)NCc3ccccn3)c2)cc1. The molecule has 3 aromatic rings. The van der Waals surface area contributed by atoms with E-state index < -0.39 is 0 Å². The van der Waals surface area contributed by atoms with Crippen LogP contribution in [0.15, 0.2) is 67.1 Å². The van der Waals surface area contributed by atoms with Gasteiger partial charge in [0, 0.05) is 25.1 Å². The molecule has 0 radical (unpaired) electrons. The summed E-state index contributed by atoms with van der Waals surface area (Å²) in [6, 6.07) is 15.0. The topological polar surface area (TPSA) is 84.0 Å². The molecule has 0 aliphatic heterocycles. The Morgan fingerprint density at radius 1 is 0.889 bits per heavy atom. The van der Waals surface area contributed by atoms with Crippen molar-refractivity contribution in [2.45, 2.75) is 20.0 Å². The van der Waals surface area contributed by atoms with Crippen molar-refractivity contribution in [3.63, 3.8) is 0 Å². The van der Waals surface area contributed by atoms with Gasteiger partial charge in [0.25, 0.3) is 11.8 Å². The molecular weight excluding hydrogens is 340 g/mol. The molecule has 3 rings (SSSR count). The number of hydrogen-bond donors (Lipinski definition) is 2. The molecule has 0 atom stereocenters. The molecule has 2 heterocycles. The van der Waals surface area contributed by atoms with Crippen LogP contribution in [0.3, 0.4) is 0 Å². The third-order valence-corrected chi connectivity index (χ3v) is 3.99. The number of amides is 2. The Labute approximate surface area is 157 Å². The van der Waals surface area contributed by atoms with Gasteiger partial charge in [0.15, 0.2) is 0 Å². The lowest BCUT2D eigenvalue weighted by atomic mass is 10.1. The van der Waals surface area contributed by atoms with Gasteiger partial charge < -0.3 is 10.6 Å². The van der Waals surface area contributed by atoms with Gasteiger partial charge >= 0.3 is 0 Å². The summed E-state index contributed by atoms with van der Waals surface area (Å²) in [6.45, 7) is 2.73. The molecule has 0 unspecified atom stereocenters. The van der Waals surface area contributed by atoms with E-state index in [9.17, 15) is 9.59 Å². The molecule has 6 nitrogen and oxygen atoms in total. The molecule has 136 valence electrons. The maximum absolute atomic E-state index is 12.3. The van der Waals surface area contributed by atoms with E-state index in [2.05, 4.69) is 20.6 Å². The number of pyridine rings is 2. The van der Waals surface area contributed by atoms with Crippen molar-refractivity contribution in [1.29, 1.82) is 0 Å². The van der Waals surface area contributed by atoms with Crippen molar-refractivity contribution >= 4 is 11.8 Å². The van der Waals surface area contributed by atoms with Gasteiger partial charge in [-0.25, -0.2) is 0 Å². The number of nitrogens with zero attached hydrogens (tertiary/aromatic N) is 2. The van der Waals surface area contributed by atoms with Crippen LogP contribution in [0.4, 0.5) is 0 Å². The number of carbonyl (C=O) groups is 2. The molecule has 0 saturated carbocycles. The summed E-state index contributed by atoms with van der Waals surface area (Å²) >= 11 is 0. The Morgan fingerprint density at radius 3 is 2.19 bits per heavy atom. The second kappa shape index (κ2) is 8.71. The van der Waals surface area contributed by atoms with E-state index >= 15 is 0 Å². The lowest BCUT2D eigenvalue weighted by Crippen LogP contribution is -2.26. The van der Waals surface area contributed by atoms with E-state index in [0.29, 0.717) is 24.2 Å². The fraction of sp³-hybridized carbons (Fsp3) is 0.143. The van der Waals surface area contributed by atoms with Crippen LogP contribution in [0.5, 0.6) is 0 Å². The van der Waals surface area contributed by atoms with Gasteiger partial charge in [-0.2, -0.15) is 0 Å². The average molecular weight is 360 g/mol. The van der Waals surface area contributed by atoms with E-state index in [1.165, 1.54) is 24.0 Å². The molecule has 27 heavy (non-hydrogen) atoms. The molecule has 0 spiro atoms. The minimum atomic E-state index is -0.304. The van der Waals surface area contributed by atoms with Crippen LogP contribution in [0.25, 0.3) is 0 Å². The standard InChI is InChI=1S/C21H20N4O2/c1-15-5-7-16(8-6-15)11-24-20(26)17-10-18(13-22-12-17)21(27)25-14-19-4-2-3-9-23-19/h2-10,12-13H,11,14H2,1H3,(H,24,26)(H,25,27). The third-order valence-electron chi connectivity index (χ3n) is 3.99.